The molecule has 3 rings (SSSR count). The van der Waals surface area contributed by atoms with E-state index in [0.717, 1.165) is 36.8 Å². The van der Waals surface area contributed by atoms with Crippen LogP contribution in [0.3, 0.4) is 0 Å². The Morgan fingerprint density at radius 3 is 2.28 bits per heavy atom. The number of esters is 2. The minimum absolute atomic E-state index is 0.0462. The summed E-state index contributed by atoms with van der Waals surface area (Å²) in [6, 6.07) is 7.70. The number of hydrogen-bond acceptors (Lipinski definition) is 6. The Labute approximate surface area is 179 Å². The number of hydrogen-bond donors (Lipinski definition) is 0. The van der Waals surface area contributed by atoms with E-state index in [0.29, 0.717) is 0 Å². The molecule has 0 amide bonds. The zero-order chi connectivity index (χ0) is 21.0. The van der Waals surface area contributed by atoms with E-state index < -0.39 is 17.5 Å². The van der Waals surface area contributed by atoms with Gasteiger partial charge in [0.25, 0.3) is 0 Å². The second-order valence-corrected chi connectivity index (χ2v) is 7.95. The summed E-state index contributed by atoms with van der Waals surface area (Å²) in [5.74, 6) is -1.14. The number of benzene rings is 1. The largest absolute Gasteiger partial charge is 0.466 e. The van der Waals surface area contributed by atoms with Crippen molar-refractivity contribution in [3.63, 3.8) is 0 Å². The lowest BCUT2D eigenvalue weighted by Crippen LogP contribution is -2.35. The lowest BCUT2D eigenvalue weighted by Gasteiger charge is -2.29. The molecule has 1 aromatic rings. The van der Waals surface area contributed by atoms with Gasteiger partial charge in [0.15, 0.2) is 5.60 Å². The monoisotopic (exact) mass is 463 g/mol. The molecule has 1 heterocycles. The molecule has 0 N–H and O–H groups in total. The number of methoxy groups -OCH3 is 2. The summed E-state index contributed by atoms with van der Waals surface area (Å²) in [5, 5.41) is 0.248. The molecule has 0 saturated heterocycles. The minimum Gasteiger partial charge on any atom is -0.466 e. The van der Waals surface area contributed by atoms with Gasteiger partial charge in [0.1, 0.15) is 11.1 Å². The van der Waals surface area contributed by atoms with Crippen LogP contribution in [0.15, 0.2) is 40.4 Å². The van der Waals surface area contributed by atoms with Gasteiger partial charge >= 0.3 is 11.9 Å². The van der Waals surface area contributed by atoms with E-state index in [9.17, 15) is 9.59 Å². The minimum atomic E-state index is -1.22. The van der Waals surface area contributed by atoms with Gasteiger partial charge in [-0.1, -0.05) is 65.0 Å². The first-order valence-electron chi connectivity index (χ1n) is 9.78. The van der Waals surface area contributed by atoms with Crippen LogP contribution in [0.2, 0.25) is 0 Å². The third-order valence-corrected chi connectivity index (χ3v) is 6.29. The number of carbonyl (C=O) groups is 2. The third kappa shape index (κ3) is 4.10. The van der Waals surface area contributed by atoms with Crippen molar-refractivity contribution >= 4 is 33.8 Å². The van der Waals surface area contributed by atoms with E-state index in [4.69, 9.17) is 19.2 Å². The molecule has 29 heavy (non-hydrogen) atoms. The summed E-state index contributed by atoms with van der Waals surface area (Å²) in [6.07, 6.45) is 5.22. The fraction of sp³-hybridized carbons (Fsp3) is 0.500. The molecule has 2 aliphatic rings. The van der Waals surface area contributed by atoms with Gasteiger partial charge in [0.2, 0.25) is 5.90 Å². The van der Waals surface area contributed by atoms with E-state index >= 15 is 0 Å². The Morgan fingerprint density at radius 1 is 1.10 bits per heavy atom. The topological polar surface area (TPSA) is 74.2 Å². The van der Waals surface area contributed by atoms with E-state index in [1.54, 1.807) is 0 Å². The lowest BCUT2D eigenvalue weighted by molar-refractivity contribution is -0.139. The maximum Gasteiger partial charge on any atom is 0.344 e. The van der Waals surface area contributed by atoms with Crippen LogP contribution in [0.5, 0.6) is 0 Å². The number of aliphatic imine (C=N–C) groups is 1. The highest BCUT2D eigenvalue weighted by Crippen LogP contribution is 2.45. The van der Waals surface area contributed by atoms with Crippen molar-refractivity contribution in [3.8, 4) is 0 Å². The molecule has 7 heteroatoms. The molecule has 1 fully saturated rings. The first-order valence-corrected chi connectivity index (χ1v) is 10.9. The second-order valence-electron chi connectivity index (χ2n) is 7.39. The van der Waals surface area contributed by atoms with Gasteiger partial charge in [0.05, 0.1) is 25.6 Å². The molecule has 1 atom stereocenters. The summed E-state index contributed by atoms with van der Waals surface area (Å²) in [4.78, 5) is 30.3. The summed E-state index contributed by atoms with van der Waals surface area (Å²) >= 11 is 3.50. The quantitative estimate of drug-likeness (QED) is 0.487. The maximum atomic E-state index is 12.9. The zero-order valence-corrected chi connectivity index (χ0v) is 18.6. The van der Waals surface area contributed by atoms with Crippen LogP contribution in [-0.4, -0.2) is 43.4 Å². The van der Waals surface area contributed by atoms with E-state index in [-0.39, 0.29) is 28.4 Å². The summed E-state index contributed by atoms with van der Waals surface area (Å²) in [7, 11) is 2.57. The Hall–Kier alpha value is -2.15. The molecule has 0 radical (unpaired) electrons. The lowest BCUT2D eigenvalue weighted by atomic mass is 9.86. The van der Waals surface area contributed by atoms with Gasteiger partial charge < -0.3 is 14.2 Å². The Balaban J connectivity index is 2.21. The van der Waals surface area contributed by atoms with Crippen molar-refractivity contribution in [3.05, 3.63) is 46.5 Å². The number of alkyl halides is 1. The van der Waals surface area contributed by atoms with E-state index in [1.807, 2.05) is 31.2 Å². The first kappa shape index (κ1) is 21.6. The van der Waals surface area contributed by atoms with Crippen molar-refractivity contribution in [2.24, 2.45) is 4.99 Å². The summed E-state index contributed by atoms with van der Waals surface area (Å²) in [5.41, 5.74) is 0.740. The molecule has 6 nitrogen and oxygen atoms in total. The predicted molar refractivity (Wildman–Crippen MR) is 113 cm³/mol. The average Bonchev–Trinajstić information content (AvgIpc) is 3.08. The Bertz CT molecular complexity index is 839. The SMILES string of the molecule is COC(=O)C1=C(C(=O)OC)C(CBr)(c2ccc(C)cc2)OC1=NC1CCCCC1. The second kappa shape index (κ2) is 9.11. The third-order valence-electron chi connectivity index (χ3n) is 5.50. The number of aryl methyl sites for hydroxylation is 1. The van der Waals surface area contributed by atoms with Crippen molar-refractivity contribution in [1.82, 2.24) is 0 Å². The Kier molecular flexibility index (Phi) is 6.77. The smallest absolute Gasteiger partial charge is 0.344 e. The predicted octanol–water partition coefficient (Wildman–Crippen LogP) is 3.99. The molecule has 156 valence electrons. The molecule has 1 aliphatic heterocycles. The molecule has 1 unspecified atom stereocenters. The van der Waals surface area contributed by atoms with Gasteiger partial charge in [-0.05, 0) is 19.8 Å². The molecule has 0 bridgehead atoms. The highest BCUT2D eigenvalue weighted by molar-refractivity contribution is 9.09. The molecule has 0 aromatic heterocycles. The summed E-state index contributed by atoms with van der Waals surface area (Å²) in [6.45, 7) is 1.98. The van der Waals surface area contributed by atoms with Crippen LogP contribution in [0.1, 0.15) is 43.2 Å². The summed E-state index contributed by atoms with van der Waals surface area (Å²) < 4.78 is 16.4. The number of rotatable bonds is 5. The van der Waals surface area contributed by atoms with Gasteiger partial charge in [-0.2, -0.15) is 0 Å². The molecular formula is C22H26BrNO5. The van der Waals surface area contributed by atoms with Crippen molar-refractivity contribution in [1.29, 1.82) is 0 Å². The van der Waals surface area contributed by atoms with Crippen LogP contribution in [0, 0.1) is 6.92 Å². The number of carbonyl (C=O) groups excluding carboxylic acids is 2. The number of halogens is 1. The van der Waals surface area contributed by atoms with E-state index in [2.05, 4.69) is 15.9 Å². The standard InChI is InChI=1S/C22H26BrNO5/c1-14-9-11-15(12-10-14)22(13-23)18(21(26)28-3)17(20(25)27-2)19(29-22)24-16-7-5-4-6-8-16/h9-12,16H,4-8,13H2,1-3H3. The van der Waals surface area contributed by atoms with Gasteiger partial charge in [-0.3, -0.25) is 0 Å². The van der Waals surface area contributed by atoms with Gasteiger partial charge in [-0.25, -0.2) is 14.6 Å². The highest BCUT2D eigenvalue weighted by atomic mass is 79.9. The van der Waals surface area contributed by atoms with Crippen molar-refractivity contribution < 1.29 is 23.8 Å². The van der Waals surface area contributed by atoms with Gasteiger partial charge in [0, 0.05) is 5.56 Å². The fourth-order valence-corrected chi connectivity index (χ4v) is 4.62. The molecule has 1 saturated carbocycles. The van der Waals surface area contributed by atoms with Crippen molar-refractivity contribution in [2.75, 3.05) is 19.5 Å². The van der Waals surface area contributed by atoms with E-state index in [1.165, 1.54) is 20.6 Å². The van der Waals surface area contributed by atoms with Crippen LogP contribution in [0.25, 0.3) is 0 Å². The molecule has 1 aromatic carbocycles. The molecule has 0 spiro atoms. The fourth-order valence-electron chi connectivity index (χ4n) is 3.90. The van der Waals surface area contributed by atoms with Crippen molar-refractivity contribution in [2.45, 2.75) is 50.7 Å². The van der Waals surface area contributed by atoms with Crippen LogP contribution in [-0.2, 0) is 29.4 Å². The van der Waals surface area contributed by atoms with Crippen LogP contribution < -0.4 is 0 Å². The maximum absolute atomic E-state index is 12.9. The van der Waals surface area contributed by atoms with Crippen LogP contribution in [0.4, 0.5) is 0 Å². The molecular weight excluding hydrogens is 438 g/mol. The number of ether oxygens (including phenoxy) is 3. The molecule has 1 aliphatic carbocycles. The van der Waals surface area contributed by atoms with Gasteiger partial charge in [-0.15, -0.1) is 0 Å². The normalized spacial score (nSPS) is 23.8. The average molecular weight is 464 g/mol. The van der Waals surface area contributed by atoms with Crippen LogP contribution >= 0.6 is 15.9 Å². The highest BCUT2D eigenvalue weighted by Gasteiger charge is 2.53. The number of nitrogens with zero attached hydrogens (tertiary/aromatic N) is 1. The first-order chi connectivity index (χ1) is 14.0. The zero-order valence-electron chi connectivity index (χ0n) is 17.0. The Morgan fingerprint density at radius 2 is 1.72 bits per heavy atom.